The number of rotatable bonds is 2. The molecule has 0 unspecified atom stereocenters. The van der Waals surface area contributed by atoms with Crippen LogP contribution in [0.25, 0.3) is 0 Å². The van der Waals surface area contributed by atoms with Gasteiger partial charge in [0.1, 0.15) is 0 Å². The molecule has 1 heterocycles. The van der Waals surface area contributed by atoms with E-state index in [1.807, 2.05) is 0 Å². The normalized spacial score (nSPS) is 11.3. The molecule has 0 bridgehead atoms. The van der Waals surface area contributed by atoms with Gasteiger partial charge in [0.05, 0.1) is 5.02 Å². The zero-order valence-corrected chi connectivity index (χ0v) is 9.22. The highest BCUT2D eigenvalue weighted by Crippen LogP contribution is 2.15. The van der Waals surface area contributed by atoms with Crippen LogP contribution in [0.4, 0.5) is 0 Å². The van der Waals surface area contributed by atoms with Crippen molar-refractivity contribution in [2.24, 2.45) is 0 Å². The first kappa shape index (κ1) is 9.54. The second kappa shape index (κ2) is 3.45. The van der Waals surface area contributed by atoms with E-state index >= 15 is 0 Å². The van der Waals surface area contributed by atoms with Crippen molar-refractivity contribution in [2.75, 3.05) is 0 Å². The first-order valence-corrected chi connectivity index (χ1v) is 7.56. The van der Waals surface area contributed by atoms with E-state index in [0.29, 0.717) is 10.9 Å². The molecule has 4 heteroatoms. The molecule has 0 aromatic carbocycles. The molecule has 0 saturated carbocycles. The lowest BCUT2D eigenvalue weighted by molar-refractivity contribution is 0.534. The van der Waals surface area contributed by atoms with Gasteiger partial charge in [0.25, 0.3) is 0 Å². The van der Waals surface area contributed by atoms with Gasteiger partial charge in [-0.05, 0) is 25.7 Å². The average molecular weight is 202 g/mol. The summed E-state index contributed by atoms with van der Waals surface area (Å²) in [4.78, 5) is 4.04. The molecule has 66 valence electrons. The van der Waals surface area contributed by atoms with E-state index in [1.165, 1.54) is 0 Å². The summed E-state index contributed by atoms with van der Waals surface area (Å²) in [5, 5.41) is 0.637. The summed E-state index contributed by atoms with van der Waals surface area (Å²) in [5.41, 5.74) is 0. The Bertz CT molecular complexity index is 255. The largest absolute Gasteiger partial charge is 0.531 e. The van der Waals surface area contributed by atoms with Crippen LogP contribution in [0, 0.1) is 0 Å². The highest BCUT2D eigenvalue weighted by Gasteiger charge is 2.16. The first-order chi connectivity index (χ1) is 5.47. The maximum Gasteiger partial charge on any atom is 0.244 e. The minimum absolute atomic E-state index is 0.637. The zero-order valence-electron chi connectivity index (χ0n) is 7.47. The smallest absolute Gasteiger partial charge is 0.244 e. The van der Waals surface area contributed by atoms with Crippen molar-refractivity contribution < 1.29 is 4.43 Å². The fourth-order valence-electron chi connectivity index (χ4n) is 0.736. The van der Waals surface area contributed by atoms with Crippen LogP contribution in [0.1, 0.15) is 0 Å². The van der Waals surface area contributed by atoms with Crippen molar-refractivity contribution >= 4 is 19.9 Å². The standard InChI is InChI=1S/C8H12ClNOSi/c1-12(2,3)11-8-5-4-7(9)6-10-8/h4-6H,1-3H3. The van der Waals surface area contributed by atoms with Gasteiger partial charge >= 0.3 is 0 Å². The molecule has 12 heavy (non-hydrogen) atoms. The summed E-state index contributed by atoms with van der Waals surface area (Å²) in [6.45, 7) is 6.34. The van der Waals surface area contributed by atoms with Crippen molar-refractivity contribution in [1.29, 1.82) is 0 Å². The Hall–Kier alpha value is -0.543. The van der Waals surface area contributed by atoms with E-state index in [9.17, 15) is 0 Å². The third-order valence-electron chi connectivity index (χ3n) is 1.11. The zero-order chi connectivity index (χ0) is 9.19. The quantitative estimate of drug-likeness (QED) is 0.687. The highest BCUT2D eigenvalue weighted by atomic mass is 35.5. The number of hydrogen-bond acceptors (Lipinski definition) is 2. The fraction of sp³-hybridized carbons (Fsp3) is 0.375. The Balaban J connectivity index is 2.71. The van der Waals surface area contributed by atoms with Gasteiger partial charge in [0.15, 0.2) is 5.88 Å². The molecule has 0 N–H and O–H groups in total. The lowest BCUT2D eigenvalue weighted by Crippen LogP contribution is -2.29. The second-order valence-corrected chi connectivity index (χ2v) is 8.39. The van der Waals surface area contributed by atoms with Crippen LogP contribution >= 0.6 is 11.6 Å². The molecule has 0 saturated heterocycles. The number of nitrogens with zero attached hydrogens (tertiary/aromatic N) is 1. The number of halogens is 1. The summed E-state index contributed by atoms with van der Waals surface area (Å²) >= 11 is 5.68. The first-order valence-electron chi connectivity index (χ1n) is 3.78. The number of aromatic nitrogens is 1. The lowest BCUT2D eigenvalue weighted by atomic mass is 10.5. The van der Waals surface area contributed by atoms with Gasteiger partial charge in [-0.3, -0.25) is 0 Å². The van der Waals surface area contributed by atoms with Crippen LogP contribution in [0.5, 0.6) is 5.88 Å². The van der Waals surface area contributed by atoms with Crippen LogP contribution in [0.2, 0.25) is 24.7 Å². The van der Waals surface area contributed by atoms with E-state index in [0.717, 1.165) is 0 Å². The van der Waals surface area contributed by atoms with Crippen LogP contribution in [0.15, 0.2) is 18.3 Å². The molecular formula is C8H12ClNOSi. The predicted octanol–water partition coefficient (Wildman–Crippen LogP) is 2.95. The maximum atomic E-state index is 5.68. The van der Waals surface area contributed by atoms with Crippen LogP contribution in [0.3, 0.4) is 0 Å². The molecular weight excluding hydrogens is 190 g/mol. The van der Waals surface area contributed by atoms with E-state index in [1.54, 1.807) is 18.3 Å². The Kier molecular flexibility index (Phi) is 2.75. The molecule has 0 amide bonds. The molecule has 1 rings (SSSR count). The Labute approximate surface area is 78.7 Å². The predicted molar refractivity (Wildman–Crippen MR) is 53.2 cm³/mol. The summed E-state index contributed by atoms with van der Waals surface area (Å²) in [7, 11) is -1.52. The Morgan fingerprint density at radius 2 is 2.00 bits per heavy atom. The van der Waals surface area contributed by atoms with Crippen molar-refractivity contribution in [1.82, 2.24) is 4.98 Å². The lowest BCUT2D eigenvalue weighted by Gasteiger charge is -2.17. The molecule has 1 aromatic rings. The van der Waals surface area contributed by atoms with Gasteiger partial charge in [0, 0.05) is 12.3 Å². The van der Waals surface area contributed by atoms with E-state index in [4.69, 9.17) is 16.0 Å². The van der Waals surface area contributed by atoms with Crippen LogP contribution in [-0.2, 0) is 0 Å². The van der Waals surface area contributed by atoms with E-state index in [2.05, 4.69) is 24.6 Å². The molecule has 0 aliphatic rings. The summed E-state index contributed by atoms with van der Waals surface area (Å²) < 4.78 is 5.63. The van der Waals surface area contributed by atoms with Gasteiger partial charge in [-0.1, -0.05) is 11.6 Å². The van der Waals surface area contributed by atoms with Gasteiger partial charge in [0.2, 0.25) is 8.32 Å². The van der Waals surface area contributed by atoms with Crippen LogP contribution < -0.4 is 4.43 Å². The van der Waals surface area contributed by atoms with Gasteiger partial charge < -0.3 is 4.43 Å². The fourth-order valence-corrected chi connectivity index (χ4v) is 1.60. The second-order valence-electron chi connectivity index (χ2n) is 3.53. The molecule has 0 aliphatic heterocycles. The number of hydrogen-bond donors (Lipinski definition) is 0. The third-order valence-corrected chi connectivity index (χ3v) is 2.16. The monoisotopic (exact) mass is 201 g/mol. The van der Waals surface area contributed by atoms with E-state index in [-0.39, 0.29) is 0 Å². The molecule has 0 aliphatic carbocycles. The van der Waals surface area contributed by atoms with Crippen molar-refractivity contribution in [3.63, 3.8) is 0 Å². The van der Waals surface area contributed by atoms with Crippen molar-refractivity contribution in [3.05, 3.63) is 23.4 Å². The molecule has 0 atom stereocenters. The van der Waals surface area contributed by atoms with E-state index < -0.39 is 8.32 Å². The minimum Gasteiger partial charge on any atom is -0.531 e. The number of pyridine rings is 1. The van der Waals surface area contributed by atoms with Crippen LogP contribution in [-0.4, -0.2) is 13.3 Å². The van der Waals surface area contributed by atoms with Gasteiger partial charge in [-0.15, -0.1) is 0 Å². The van der Waals surface area contributed by atoms with Gasteiger partial charge in [-0.2, -0.15) is 0 Å². The van der Waals surface area contributed by atoms with Gasteiger partial charge in [-0.25, -0.2) is 4.98 Å². The molecule has 0 fully saturated rings. The highest BCUT2D eigenvalue weighted by molar-refractivity contribution is 6.70. The topological polar surface area (TPSA) is 22.1 Å². The summed E-state index contributed by atoms with van der Waals surface area (Å²) in [5.74, 6) is 0.665. The van der Waals surface area contributed by atoms with Crippen molar-refractivity contribution in [2.45, 2.75) is 19.6 Å². The SMILES string of the molecule is C[Si](C)(C)Oc1ccc(Cl)cn1. The molecule has 0 spiro atoms. The average Bonchev–Trinajstić information content (AvgIpc) is 1.91. The molecule has 0 radical (unpaired) electrons. The van der Waals surface area contributed by atoms with Crippen molar-refractivity contribution in [3.8, 4) is 5.88 Å². The third kappa shape index (κ3) is 3.24. The molecule has 1 aromatic heterocycles. The Morgan fingerprint density at radius 3 is 2.42 bits per heavy atom. The summed E-state index contributed by atoms with van der Waals surface area (Å²) in [6, 6.07) is 3.57. The minimum atomic E-state index is -1.52. The Morgan fingerprint density at radius 1 is 1.33 bits per heavy atom. The maximum absolute atomic E-state index is 5.68. The molecule has 2 nitrogen and oxygen atoms in total. The summed E-state index contributed by atoms with van der Waals surface area (Å²) in [6.07, 6.45) is 1.59.